The van der Waals surface area contributed by atoms with Crippen molar-refractivity contribution in [2.45, 2.75) is 19.2 Å². The molecule has 1 aliphatic rings. The molecule has 8 heteroatoms. The molecule has 2 amide bonds. The second-order valence-electron chi connectivity index (χ2n) is 5.49. The Morgan fingerprint density at radius 2 is 1.84 bits per heavy atom. The van der Waals surface area contributed by atoms with Crippen LogP contribution in [0.15, 0.2) is 42.5 Å². The highest BCUT2D eigenvalue weighted by atomic mass is 19.4. The Morgan fingerprint density at radius 1 is 1.16 bits per heavy atom. The second-order valence-corrected chi connectivity index (χ2v) is 5.49. The summed E-state index contributed by atoms with van der Waals surface area (Å²) in [6.45, 7) is 1.61. The largest absolute Gasteiger partial charge is 0.479 e. The van der Waals surface area contributed by atoms with Gasteiger partial charge in [0.15, 0.2) is 6.10 Å². The first-order valence-corrected chi connectivity index (χ1v) is 7.34. The van der Waals surface area contributed by atoms with Crippen molar-refractivity contribution in [1.29, 1.82) is 0 Å². The number of carbonyl (C=O) groups is 2. The first-order chi connectivity index (χ1) is 11.7. The molecular formula is C17H13F3N2O3. The van der Waals surface area contributed by atoms with Crippen LogP contribution in [0.4, 0.5) is 24.5 Å². The van der Waals surface area contributed by atoms with Crippen LogP contribution < -0.4 is 15.4 Å². The van der Waals surface area contributed by atoms with Gasteiger partial charge in [-0.3, -0.25) is 9.59 Å². The third-order valence-corrected chi connectivity index (χ3v) is 3.64. The highest BCUT2D eigenvalue weighted by Crippen LogP contribution is 2.32. The number of alkyl halides is 3. The summed E-state index contributed by atoms with van der Waals surface area (Å²) in [5, 5.41) is 5.21. The minimum atomic E-state index is -4.46. The fraction of sp³-hybridized carbons (Fsp3) is 0.176. The highest BCUT2D eigenvalue weighted by Gasteiger charge is 2.30. The standard InChI is InChI=1S/C17H13F3N2O3/c1-9-15(23)22-13-8-12(6-7-14(13)25-9)21-16(24)10-2-4-11(5-3-10)17(18,19)20/h2-9H,1H3,(H,21,24)(H,22,23)/t9-/m0/s1. The molecular weight excluding hydrogens is 337 g/mol. The molecule has 1 atom stereocenters. The van der Waals surface area contributed by atoms with E-state index in [4.69, 9.17) is 4.74 Å². The van der Waals surface area contributed by atoms with Gasteiger partial charge in [-0.2, -0.15) is 13.2 Å². The molecule has 2 aromatic rings. The molecule has 2 N–H and O–H groups in total. The van der Waals surface area contributed by atoms with E-state index in [1.807, 2.05) is 0 Å². The van der Waals surface area contributed by atoms with Crippen LogP contribution in [0.3, 0.4) is 0 Å². The van der Waals surface area contributed by atoms with Crippen molar-refractivity contribution in [1.82, 2.24) is 0 Å². The Bertz CT molecular complexity index is 832. The number of nitrogens with one attached hydrogen (secondary N) is 2. The van der Waals surface area contributed by atoms with E-state index in [1.165, 1.54) is 6.07 Å². The Kier molecular flexibility index (Phi) is 4.12. The normalized spacial score (nSPS) is 16.5. The second kappa shape index (κ2) is 6.12. The third-order valence-electron chi connectivity index (χ3n) is 3.64. The lowest BCUT2D eigenvalue weighted by molar-refractivity contribution is -0.137. The van der Waals surface area contributed by atoms with Crippen LogP contribution in [0.1, 0.15) is 22.8 Å². The number of hydrogen-bond donors (Lipinski definition) is 2. The van der Waals surface area contributed by atoms with Gasteiger partial charge < -0.3 is 15.4 Å². The summed E-state index contributed by atoms with van der Waals surface area (Å²) in [6.07, 6.45) is -5.07. The lowest BCUT2D eigenvalue weighted by atomic mass is 10.1. The summed E-state index contributed by atoms with van der Waals surface area (Å²) < 4.78 is 43.0. The molecule has 130 valence electrons. The van der Waals surface area contributed by atoms with Gasteiger partial charge in [0.05, 0.1) is 11.3 Å². The van der Waals surface area contributed by atoms with Gasteiger partial charge in [-0.25, -0.2) is 0 Å². The third kappa shape index (κ3) is 3.57. The SMILES string of the molecule is C[C@@H]1Oc2ccc(NC(=O)c3ccc(C(F)(F)F)cc3)cc2NC1=O. The van der Waals surface area contributed by atoms with Crippen LogP contribution in [-0.2, 0) is 11.0 Å². The molecule has 0 saturated heterocycles. The Hall–Kier alpha value is -3.03. The molecule has 0 spiro atoms. The van der Waals surface area contributed by atoms with Crippen molar-refractivity contribution < 1.29 is 27.5 Å². The molecule has 0 aliphatic carbocycles. The first-order valence-electron chi connectivity index (χ1n) is 7.34. The average molecular weight is 350 g/mol. The summed E-state index contributed by atoms with van der Waals surface area (Å²) in [4.78, 5) is 23.8. The maximum Gasteiger partial charge on any atom is 0.416 e. The monoisotopic (exact) mass is 350 g/mol. The molecule has 1 heterocycles. The van der Waals surface area contributed by atoms with E-state index in [1.54, 1.807) is 19.1 Å². The lowest BCUT2D eigenvalue weighted by Crippen LogP contribution is -2.34. The maximum absolute atomic E-state index is 12.5. The lowest BCUT2D eigenvalue weighted by Gasteiger charge is -2.23. The number of hydrogen-bond acceptors (Lipinski definition) is 3. The quantitative estimate of drug-likeness (QED) is 0.868. The van der Waals surface area contributed by atoms with E-state index < -0.39 is 23.8 Å². The van der Waals surface area contributed by atoms with E-state index in [2.05, 4.69) is 10.6 Å². The number of carbonyl (C=O) groups excluding carboxylic acids is 2. The van der Waals surface area contributed by atoms with Crippen LogP contribution in [0.2, 0.25) is 0 Å². The molecule has 3 rings (SSSR count). The summed E-state index contributed by atoms with van der Waals surface area (Å²) in [6, 6.07) is 8.57. The molecule has 2 aromatic carbocycles. The molecule has 0 fully saturated rings. The molecule has 0 bridgehead atoms. The van der Waals surface area contributed by atoms with Crippen LogP contribution in [0.25, 0.3) is 0 Å². The van der Waals surface area contributed by atoms with Gasteiger partial charge in [-0.1, -0.05) is 0 Å². The number of rotatable bonds is 2. The number of halogens is 3. The van der Waals surface area contributed by atoms with Crippen LogP contribution in [-0.4, -0.2) is 17.9 Å². The number of benzene rings is 2. The van der Waals surface area contributed by atoms with E-state index in [-0.39, 0.29) is 11.5 Å². The number of fused-ring (bicyclic) bond motifs is 1. The minimum absolute atomic E-state index is 0.0830. The van der Waals surface area contributed by atoms with Crippen molar-refractivity contribution in [2.75, 3.05) is 10.6 Å². The van der Waals surface area contributed by atoms with Gasteiger partial charge in [0.1, 0.15) is 5.75 Å². The molecule has 1 aliphatic heterocycles. The van der Waals surface area contributed by atoms with E-state index in [0.29, 0.717) is 17.1 Å². The first kappa shape index (κ1) is 16.8. The van der Waals surface area contributed by atoms with E-state index >= 15 is 0 Å². The van der Waals surface area contributed by atoms with Crippen molar-refractivity contribution in [3.63, 3.8) is 0 Å². The minimum Gasteiger partial charge on any atom is -0.479 e. The summed E-state index contributed by atoms with van der Waals surface area (Å²) in [5.41, 5.74) is 0.0434. The van der Waals surface area contributed by atoms with Crippen LogP contribution in [0.5, 0.6) is 5.75 Å². The van der Waals surface area contributed by atoms with Gasteiger partial charge in [-0.05, 0) is 49.4 Å². The zero-order chi connectivity index (χ0) is 18.2. The summed E-state index contributed by atoms with van der Waals surface area (Å²) >= 11 is 0. The van der Waals surface area contributed by atoms with Gasteiger partial charge in [0.2, 0.25) is 0 Å². The molecule has 0 unspecified atom stereocenters. The number of ether oxygens (including phenoxy) is 1. The zero-order valence-electron chi connectivity index (χ0n) is 13.0. The molecule has 0 saturated carbocycles. The predicted octanol–water partition coefficient (Wildman–Crippen LogP) is 3.68. The van der Waals surface area contributed by atoms with Crippen molar-refractivity contribution >= 4 is 23.2 Å². The Balaban J connectivity index is 1.75. The van der Waals surface area contributed by atoms with Crippen molar-refractivity contribution in [2.24, 2.45) is 0 Å². The molecule has 0 radical (unpaired) electrons. The van der Waals surface area contributed by atoms with Crippen LogP contribution in [0, 0.1) is 0 Å². The number of anilines is 2. The Labute approximate surface area is 140 Å². The van der Waals surface area contributed by atoms with Gasteiger partial charge >= 0.3 is 6.18 Å². The summed E-state index contributed by atoms with van der Waals surface area (Å²) in [7, 11) is 0. The summed E-state index contributed by atoms with van der Waals surface area (Å²) in [5.74, 6) is -0.400. The smallest absolute Gasteiger partial charge is 0.416 e. The highest BCUT2D eigenvalue weighted by molar-refractivity contribution is 6.05. The number of amides is 2. The fourth-order valence-electron chi connectivity index (χ4n) is 2.30. The topological polar surface area (TPSA) is 67.4 Å². The molecule has 25 heavy (non-hydrogen) atoms. The molecule has 0 aromatic heterocycles. The maximum atomic E-state index is 12.5. The van der Waals surface area contributed by atoms with Crippen molar-refractivity contribution in [3.05, 3.63) is 53.6 Å². The molecule has 5 nitrogen and oxygen atoms in total. The van der Waals surface area contributed by atoms with Gasteiger partial charge in [-0.15, -0.1) is 0 Å². The van der Waals surface area contributed by atoms with Gasteiger partial charge in [0, 0.05) is 11.3 Å². The van der Waals surface area contributed by atoms with Crippen LogP contribution >= 0.6 is 0 Å². The van der Waals surface area contributed by atoms with E-state index in [0.717, 1.165) is 24.3 Å². The Morgan fingerprint density at radius 3 is 2.48 bits per heavy atom. The van der Waals surface area contributed by atoms with Gasteiger partial charge in [0.25, 0.3) is 11.8 Å². The van der Waals surface area contributed by atoms with E-state index in [9.17, 15) is 22.8 Å². The fourth-order valence-corrected chi connectivity index (χ4v) is 2.30. The van der Waals surface area contributed by atoms with Crippen molar-refractivity contribution in [3.8, 4) is 5.75 Å². The predicted molar refractivity (Wildman–Crippen MR) is 84.6 cm³/mol. The average Bonchev–Trinajstić information content (AvgIpc) is 2.55. The zero-order valence-corrected chi connectivity index (χ0v) is 13.0.